The highest BCUT2D eigenvalue weighted by Gasteiger charge is 2.07. The standard InChI is InChI=1S/C15H25NO2/c1-5-16-13(4)14-8-7-9-15(10-14)18-12(3)11-17-6-2/h7-10,12-13,16H,5-6,11H2,1-4H3. The van der Waals surface area contributed by atoms with E-state index in [1.54, 1.807) is 0 Å². The zero-order valence-corrected chi connectivity index (χ0v) is 11.9. The summed E-state index contributed by atoms with van der Waals surface area (Å²) in [4.78, 5) is 0. The molecule has 1 N–H and O–H groups in total. The number of ether oxygens (including phenoxy) is 2. The highest BCUT2D eigenvalue weighted by atomic mass is 16.5. The normalized spacial score (nSPS) is 14.2. The predicted octanol–water partition coefficient (Wildman–Crippen LogP) is 3.16. The smallest absolute Gasteiger partial charge is 0.120 e. The summed E-state index contributed by atoms with van der Waals surface area (Å²) < 4.78 is 11.2. The van der Waals surface area contributed by atoms with Crippen molar-refractivity contribution < 1.29 is 9.47 Å². The van der Waals surface area contributed by atoms with Gasteiger partial charge in [-0.3, -0.25) is 0 Å². The van der Waals surface area contributed by atoms with Gasteiger partial charge >= 0.3 is 0 Å². The first-order chi connectivity index (χ1) is 8.67. The zero-order valence-electron chi connectivity index (χ0n) is 11.9. The summed E-state index contributed by atoms with van der Waals surface area (Å²) in [5.74, 6) is 0.907. The van der Waals surface area contributed by atoms with Crippen LogP contribution in [0.5, 0.6) is 5.75 Å². The van der Waals surface area contributed by atoms with Crippen LogP contribution in [0.3, 0.4) is 0 Å². The number of nitrogens with one attached hydrogen (secondary N) is 1. The molecule has 0 saturated carbocycles. The largest absolute Gasteiger partial charge is 0.488 e. The van der Waals surface area contributed by atoms with Gasteiger partial charge in [-0.25, -0.2) is 0 Å². The van der Waals surface area contributed by atoms with Crippen LogP contribution in [0.25, 0.3) is 0 Å². The third-order valence-corrected chi connectivity index (χ3v) is 2.76. The van der Waals surface area contributed by atoms with Crippen molar-refractivity contribution in [3.05, 3.63) is 29.8 Å². The highest BCUT2D eigenvalue weighted by Crippen LogP contribution is 2.20. The number of rotatable bonds is 8. The lowest BCUT2D eigenvalue weighted by Gasteiger charge is -2.17. The Morgan fingerprint density at radius 2 is 2.00 bits per heavy atom. The Hall–Kier alpha value is -1.06. The molecular formula is C15H25NO2. The van der Waals surface area contributed by atoms with Gasteiger partial charge in [-0.2, -0.15) is 0 Å². The minimum absolute atomic E-state index is 0.0784. The van der Waals surface area contributed by atoms with Crippen LogP contribution in [0.4, 0.5) is 0 Å². The maximum Gasteiger partial charge on any atom is 0.120 e. The van der Waals surface area contributed by atoms with Crippen LogP contribution in [-0.2, 0) is 4.74 Å². The van der Waals surface area contributed by atoms with Crippen LogP contribution >= 0.6 is 0 Å². The molecule has 1 rings (SSSR count). The van der Waals surface area contributed by atoms with Gasteiger partial charge in [-0.1, -0.05) is 19.1 Å². The zero-order chi connectivity index (χ0) is 13.4. The Morgan fingerprint density at radius 3 is 2.67 bits per heavy atom. The van der Waals surface area contributed by atoms with Crippen molar-refractivity contribution in [1.29, 1.82) is 0 Å². The Labute approximate surface area is 110 Å². The lowest BCUT2D eigenvalue weighted by Crippen LogP contribution is -2.20. The van der Waals surface area contributed by atoms with Gasteiger partial charge in [-0.15, -0.1) is 0 Å². The molecule has 0 radical (unpaired) electrons. The van der Waals surface area contributed by atoms with Crippen LogP contribution in [-0.4, -0.2) is 25.9 Å². The number of hydrogen-bond donors (Lipinski definition) is 1. The predicted molar refractivity (Wildman–Crippen MR) is 75.1 cm³/mol. The lowest BCUT2D eigenvalue weighted by atomic mass is 10.1. The van der Waals surface area contributed by atoms with E-state index in [1.807, 2.05) is 26.0 Å². The molecule has 0 aliphatic carbocycles. The van der Waals surface area contributed by atoms with E-state index in [0.717, 1.165) is 18.9 Å². The molecule has 0 saturated heterocycles. The van der Waals surface area contributed by atoms with Crippen molar-refractivity contribution in [3.63, 3.8) is 0 Å². The molecule has 0 fully saturated rings. The van der Waals surface area contributed by atoms with Crippen molar-refractivity contribution in [3.8, 4) is 5.75 Å². The molecule has 1 aromatic rings. The molecule has 2 atom stereocenters. The maximum absolute atomic E-state index is 5.83. The van der Waals surface area contributed by atoms with E-state index >= 15 is 0 Å². The summed E-state index contributed by atoms with van der Waals surface area (Å²) in [7, 11) is 0. The Morgan fingerprint density at radius 1 is 1.22 bits per heavy atom. The van der Waals surface area contributed by atoms with Gasteiger partial charge in [0.1, 0.15) is 11.9 Å². The van der Waals surface area contributed by atoms with Gasteiger partial charge in [0.25, 0.3) is 0 Å². The van der Waals surface area contributed by atoms with E-state index in [4.69, 9.17) is 9.47 Å². The molecule has 1 aromatic carbocycles. The van der Waals surface area contributed by atoms with E-state index in [-0.39, 0.29) is 6.10 Å². The molecule has 0 aliphatic rings. The maximum atomic E-state index is 5.83. The summed E-state index contributed by atoms with van der Waals surface area (Å²) in [5.41, 5.74) is 1.25. The van der Waals surface area contributed by atoms with Crippen LogP contribution in [0.15, 0.2) is 24.3 Å². The Balaban J connectivity index is 2.58. The third kappa shape index (κ3) is 5.07. The van der Waals surface area contributed by atoms with Crippen molar-refractivity contribution in [2.24, 2.45) is 0 Å². The van der Waals surface area contributed by atoms with Crippen molar-refractivity contribution >= 4 is 0 Å². The molecule has 3 nitrogen and oxygen atoms in total. The molecule has 0 bridgehead atoms. The Kier molecular flexibility index (Phi) is 6.76. The van der Waals surface area contributed by atoms with Gasteiger partial charge in [0.2, 0.25) is 0 Å². The summed E-state index contributed by atoms with van der Waals surface area (Å²) in [6.07, 6.45) is 0.0784. The molecule has 3 heteroatoms. The molecule has 0 heterocycles. The molecular weight excluding hydrogens is 226 g/mol. The van der Waals surface area contributed by atoms with Crippen molar-refractivity contribution in [1.82, 2.24) is 5.32 Å². The topological polar surface area (TPSA) is 30.5 Å². The SMILES string of the molecule is CCNC(C)c1cccc(OC(C)COCC)c1. The summed E-state index contributed by atoms with van der Waals surface area (Å²) in [6, 6.07) is 8.58. The molecule has 102 valence electrons. The fourth-order valence-corrected chi connectivity index (χ4v) is 1.83. The first-order valence-corrected chi connectivity index (χ1v) is 6.75. The molecule has 0 aromatic heterocycles. The van der Waals surface area contributed by atoms with Crippen LogP contribution in [0, 0.1) is 0 Å². The Bertz CT molecular complexity index is 341. The second kappa shape index (κ2) is 8.11. The highest BCUT2D eigenvalue weighted by molar-refractivity contribution is 5.30. The quantitative estimate of drug-likeness (QED) is 0.770. The molecule has 0 spiro atoms. The van der Waals surface area contributed by atoms with E-state index in [0.29, 0.717) is 12.6 Å². The van der Waals surface area contributed by atoms with Gasteiger partial charge in [0, 0.05) is 12.6 Å². The van der Waals surface area contributed by atoms with Crippen LogP contribution in [0.2, 0.25) is 0 Å². The second-order valence-corrected chi connectivity index (χ2v) is 4.44. The average Bonchev–Trinajstić information content (AvgIpc) is 2.37. The second-order valence-electron chi connectivity index (χ2n) is 4.44. The number of hydrogen-bond acceptors (Lipinski definition) is 3. The fraction of sp³-hybridized carbons (Fsp3) is 0.600. The minimum atomic E-state index is 0.0784. The van der Waals surface area contributed by atoms with Gasteiger partial charge in [0.05, 0.1) is 6.61 Å². The third-order valence-electron chi connectivity index (χ3n) is 2.76. The lowest BCUT2D eigenvalue weighted by molar-refractivity contribution is 0.0656. The van der Waals surface area contributed by atoms with E-state index < -0.39 is 0 Å². The van der Waals surface area contributed by atoms with Gasteiger partial charge < -0.3 is 14.8 Å². The van der Waals surface area contributed by atoms with E-state index in [1.165, 1.54) is 5.56 Å². The summed E-state index contributed by atoms with van der Waals surface area (Å²) >= 11 is 0. The minimum Gasteiger partial charge on any atom is -0.488 e. The van der Waals surface area contributed by atoms with Crippen LogP contribution < -0.4 is 10.1 Å². The molecule has 18 heavy (non-hydrogen) atoms. The fourth-order valence-electron chi connectivity index (χ4n) is 1.83. The van der Waals surface area contributed by atoms with Crippen molar-refractivity contribution in [2.75, 3.05) is 19.8 Å². The van der Waals surface area contributed by atoms with Gasteiger partial charge in [0.15, 0.2) is 0 Å². The van der Waals surface area contributed by atoms with Crippen molar-refractivity contribution in [2.45, 2.75) is 39.8 Å². The van der Waals surface area contributed by atoms with E-state index in [9.17, 15) is 0 Å². The molecule has 0 aliphatic heterocycles. The van der Waals surface area contributed by atoms with Gasteiger partial charge in [-0.05, 0) is 45.0 Å². The summed E-state index contributed by atoms with van der Waals surface area (Å²) in [5, 5.41) is 3.40. The van der Waals surface area contributed by atoms with Crippen LogP contribution in [0.1, 0.15) is 39.3 Å². The monoisotopic (exact) mass is 251 g/mol. The average molecular weight is 251 g/mol. The molecule has 2 unspecified atom stereocenters. The first kappa shape index (κ1) is 15.0. The molecule has 0 amide bonds. The van der Waals surface area contributed by atoms with E-state index in [2.05, 4.69) is 31.3 Å². The summed E-state index contributed by atoms with van der Waals surface area (Å²) in [6.45, 7) is 10.6. The first-order valence-electron chi connectivity index (χ1n) is 6.75. The number of benzene rings is 1.